The van der Waals surface area contributed by atoms with Gasteiger partial charge in [0.15, 0.2) is 0 Å². The van der Waals surface area contributed by atoms with Gasteiger partial charge in [0.2, 0.25) is 0 Å². The third-order valence-corrected chi connectivity index (χ3v) is 4.23. The van der Waals surface area contributed by atoms with Gasteiger partial charge in [-0.05, 0) is 36.4 Å². The van der Waals surface area contributed by atoms with Gasteiger partial charge < -0.3 is 9.84 Å². The fourth-order valence-electron chi connectivity index (χ4n) is 2.53. The van der Waals surface area contributed by atoms with Crippen molar-refractivity contribution in [3.05, 3.63) is 63.5 Å². The van der Waals surface area contributed by atoms with Crippen molar-refractivity contribution in [1.29, 1.82) is 0 Å². The number of nitrogens with zero attached hydrogens (tertiary/aromatic N) is 2. The van der Waals surface area contributed by atoms with Crippen molar-refractivity contribution in [2.24, 2.45) is 7.05 Å². The number of imidazole rings is 1. The molecule has 1 atom stereocenters. The Hall–Kier alpha value is -2.05. The van der Waals surface area contributed by atoms with Gasteiger partial charge in [0, 0.05) is 11.5 Å². The van der Waals surface area contributed by atoms with E-state index in [1.165, 1.54) is 0 Å². The number of aliphatic hydroxyl groups is 1. The topological polar surface area (TPSA) is 56.4 Å². The lowest BCUT2D eigenvalue weighted by molar-refractivity contribution is 0.0925. The van der Waals surface area contributed by atoms with Crippen molar-refractivity contribution in [3.8, 4) is 5.75 Å². The van der Waals surface area contributed by atoms with E-state index in [-0.39, 0.29) is 18.8 Å². The molecular weight excluding hydrogens is 360 g/mol. The summed E-state index contributed by atoms with van der Waals surface area (Å²) in [4.78, 5) is 12.3. The Labute approximate surface area is 141 Å². The Bertz CT molecular complexity index is 868. The van der Waals surface area contributed by atoms with Crippen LogP contribution in [0.15, 0.2) is 57.8 Å². The summed E-state index contributed by atoms with van der Waals surface area (Å²) in [5.41, 5.74) is 1.51. The molecule has 0 saturated carbocycles. The number of fused-ring (bicyclic) bond motifs is 1. The van der Waals surface area contributed by atoms with Gasteiger partial charge in [0.25, 0.3) is 0 Å². The normalized spacial score (nSPS) is 12.5. The van der Waals surface area contributed by atoms with Crippen molar-refractivity contribution in [3.63, 3.8) is 0 Å². The largest absolute Gasteiger partial charge is 0.491 e. The Morgan fingerprint density at radius 3 is 2.48 bits per heavy atom. The smallest absolute Gasteiger partial charge is 0.328 e. The maximum atomic E-state index is 12.3. The van der Waals surface area contributed by atoms with E-state index in [0.29, 0.717) is 5.75 Å². The van der Waals surface area contributed by atoms with Crippen LogP contribution in [0.3, 0.4) is 0 Å². The monoisotopic (exact) mass is 376 g/mol. The molecule has 1 heterocycles. The predicted molar refractivity (Wildman–Crippen MR) is 92.8 cm³/mol. The molecule has 3 rings (SSSR count). The average Bonchev–Trinajstić information content (AvgIpc) is 2.80. The van der Waals surface area contributed by atoms with E-state index in [1.807, 2.05) is 48.5 Å². The van der Waals surface area contributed by atoms with Gasteiger partial charge in [-0.25, -0.2) is 4.79 Å². The van der Waals surface area contributed by atoms with E-state index in [0.717, 1.165) is 15.5 Å². The standard InChI is InChI=1S/C17H17BrN2O3/c1-19-15-4-2-3-5-16(15)20(17(19)22)10-13(21)11-23-14-8-6-12(18)7-9-14/h2-9,13,21H,10-11H2,1H3. The number of ether oxygens (including phenoxy) is 1. The molecular formula is C17H17BrN2O3. The minimum atomic E-state index is -0.776. The van der Waals surface area contributed by atoms with Crippen molar-refractivity contribution in [1.82, 2.24) is 9.13 Å². The van der Waals surface area contributed by atoms with Gasteiger partial charge in [-0.15, -0.1) is 0 Å². The van der Waals surface area contributed by atoms with E-state index in [1.54, 1.807) is 16.2 Å². The number of aliphatic hydroxyl groups excluding tert-OH is 1. The van der Waals surface area contributed by atoms with Crippen LogP contribution >= 0.6 is 15.9 Å². The van der Waals surface area contributed by atoms with Gasteiger partial charge in [-0.3, -0.25) is 9.13 Å². The van der Waals surface area contributed by atoms with E-state index in [4.69, 9.17) is 4.74 Å². The van der Waals surface area contributed by atoms with Crippen LogP contribution in [0.1, 0.15) is 0 Å². The minimum absolute atomic E-state index is 0.122. The van der Waals surface area contributed by atoms with Crippen molar-refractivity contribution in [2.45, 2.75) is 12.6 Å². The number of aromatic nitrogens is 2. The van der Waals surface area contributed by atoms with E-state index < -0.39 is 6.10 Å². The molecule has 5 nitrogen and oxygen atoms in total. The molecule has 0 bridgehead atoms. The summed E-state index contributed by atoms with van der Waals surface area (Å²) < 4.78 is 9.68. The van der Waals surface area contributed by atoms with Crippen molar-refractivity contribution < 1.29 is 9.84 Å². The Balaban J connectivity index is 1.73. The zero-order valence-electron chi connectivity index (χ0n) is 12.6. The summed E-state index contributed by atoms with van der Waals surface area (Å²) in [7, 11) is 1.73. The minimum Gasteiger partial charge on any atom is -0.491 e. The van der Waals surface area contributed by atoms with E-state index in [9.17, 15) is 9.90 Å². The number of rotatable bonds is 5. The van der Waals surface area contributed by atoms with Gasteiger partial charge in [0.1, 0.15) is 18.5 Å². The molecule has 0 aliphatic rings. The SMILES string of the molecule is Cn1c(=O)n(CC(O)COc2ccc(Br)cc2)c2ccccc21. The van der Waals surface area contributed by atoms with Crippen LogP contribution in [-0.2, 0) is 13.6 Å². The van der Waals surface area contributed by atoms with Crippen molar-refractivity contribution in [2.75, 3.05) is 6.61 Å². The highest BCUT2D eigenvalue weighted by Gasteiger charge is 2.14. The molecule has 1 unspecified atom stereocenters. The summed E-state index contributed by atoms with van der Waals surface area (Å²) in [5, 5.41) is 10.2. The Kier molecular flexibility index (Phi) is 4.54. The molecule has 0 fully saturated rings. The van der Waals surface area contributed by atoms with Gasteiger partial charge >= 0.3 is 5.69 Å². The number of hydrogen-bond donors (Lipinski definition) is 1. The van der Waals surface area contributed by atoms with Crippen LogP contribution in [0.5, 0.6) is 5.75 Å². The highest BCUT2D eigenvalue weighted by atomic mass is 79.9. The molecule has 0 amide bonds. The lowest BCUT2D eigenvalue weighted by Gasteiger charge is -2.13. The first-order chi connectivity index (χ1) is 11.1. The number of halogens is 1. The quantitative estimate of drug-likeness (QED) is 0.744. The highest BCUT2D eigenvalue weighted by molar-refractivity contribution is 9.10. The van der Waals surface area contributed by atoms with Crippen LogP contribution in [0.4, 0.5) is 0 Å². The van der Waals surface area contributed by atoms with Crippen LogP contribution in [0.2, 0.25) is 0 Å². The molecule has 2 aromatic carbocycles. The first-order valence-corrected chi connectivity index (χ1v) is 8.06. The van der Waals surface area contributed by atoms with Crippen LogP contribution in [0, 0.1) is 0 Å². The summed E-state index contributed by atoms with van der Waals surface area (Å²) in [6.07, 6.45) is -0.776. The second-order valence-electron chi connectivity index (χ2n) is 5.36. The maximum Gasteiger partial charge on any atom is 0.328 e. The van der Waals surface area contributed by atoms with Gasteiger partial charge in [-0.1, -0.05) is 28.1 Å². The third kappa shape index (κ3) is 3.33. The average molecular weight is 377 g/mol. The summed E-state index contributed by atoms with van der Waals surface area (Å²) in [5.74, 6) is 0.678. The summed E-state index contributed by atoms with van der Waals surface area (Å²) >= 11 is 3.36. The Morgan fingerprint density at radius 2 is 1.78 bits per heavy atom. The number of hydrogen-bond acceptors (Lipinski definition) is 3. The van der Waals surface area contributed by atoms with Gasteiger partial charge in [-0.2, -0.15) is 0 Å². The molecule has 0 radical (unpaired) electrons. The fraction of sp³-hybridized carbons (Fsp3) is 0.235. The van der Waals surface area contributed by atoms with Crippen molar-refractivity contribution >= 4 is 27.0 Å². The molecule has 1 aromatic heterocycles. The molecule has 3 aromatic rings. The molecule has 0 aliphatic carbocycles. The molecule has 0 saturated heterocycles. The van der Waals surface area contributed by atoms with Crippen LogP contribution < -0.4 is 10.4 Å². The fourth-order valence-corrected chi connectivity index (χ4v) is 2.79. The number of aryl methyl sites for hydroxylation is 1. The molecule has 0 aliphatic heterocycles. The highest BCUT2D eigenvalue weighted by Crippen LogP contribution is 2.17. The Morgan fingerprint density at radius 1 is 1.13 bits per heavy atom. The predicted octanol–water partition coefficient (Wildman–Crippen LogP) is 2.54. The number of benzene rings is 2. The van der Waals surface area contributed by atoms with Crippen LogP contribution in [0.25, 0.3) is 11.0 Å². The molecule has 1 N–H and O–H groups in total. The zero-order chi connectivity index (χ0) is 16.4. The maximum absolute atomic E-state index is 12.3. The second-order valence-corrected chi connectivity index (χ2v) is 6.28. The van der Waals surface area contributed by atoms with Gasteiger partial charge in [0.05, 0.1) is 17.6 Å². The summed E-state index contributed by atoms with van der Waals surface area (Å²) in [6.45, 7) is 0.314. The second kappa shape index (κ2) is 6.60. The zero-order valence-corrected chi connectivity index (χ0v) is 14.2. The molecule has 0 spiro atoms. The van der Waals surface area contributed by atoms with Crippen LogP contribution in [-0.4, -0.2) is 27.0 Å². The molecule has 23 heavy (non-hydrogen) atoms. The lowest BCUT2D eigenvalue weighted by Crippen LogP contribution is -2.30. The third-order valence-electron chi connectivity index (χ3n) is 3.70. The first kappa shape index (κ1) is 15.8. The lowest BCUT2D eigenvalue weighted by atomic mass is 10.3. The van der Waals surface area contributed by atoms with E-state index in [2.05, 4.69) is 15.9 Å². The first-order valence-electron chi connectivity index (χ1n) is 7.27. The molecule has 120 valence electrons. The summed E-state index contributed by atoms with van der Waals surface area (Å²) in [6, 6.07) is 14.9. The number of para-hydroxylation sites is 2. The van der Waals surface area contributed by atoms with E-state index >= 15 is 0 Å². The molecule has 6 heteroatoms.